The lowest BCUT2D eigenvalue weighted by atomic mass is 10.1. The number of pyridine rings is 2. The highest BCUT2D eigenvalue weighted by Gasteiger charge is 2.39. The fourth-order valence-corrected chi connectivity index (χ4v) is 3.58. The first-order valence-electron chi connectivity index (χ1n) is 11.4. The molecule has 1 saturated carbocycles. The van der Waals surface area contributed by atoms with Gasteiger partial charge in [0.2, 0.25) is 5.91 Å². The number of anilines is 2. The summed E-state index contributed by atoms with van der Waals surface area (Å²) in [6.45, 7) is -0.491. The van der Waals surface area contributed by atoms with Crippen LogP contribution in [-0.4, -0.2) is 56.9 Å². The molecule has 4 aromatic rings. The Morgan fingerprint density at radius 1 is 1.28 bits per heavy atom. The monoisotopic (exact) mass is 437 g/mol. The SMILES string of the molecule is [2H]C([2H])([2H])Nc1ncc(-c2nc3c(OC)cc(OC)cn3n2)c2cc(NC(=O)[C@H]3C[C@H]3C)nnc12. The third-order valence-corrected chi connectivity index (χ3v) is 5.52. The molecular weight excluding hydrogens is 412 g/mol. The minimum Gasteiger partial charge on any atom is -0.495 e. The van der Waals surface area contributed by atoms with Gasteiger partial charge in [0.15, 0.2) is 28.9 Å². The maximum Gasteiger partial charge on any atom is 0.228 e. The van der Waals surface area contributed by atoms with E-state index < -0.39 is 6.98 Å². The summed E-state index contributed by atoms with van der Waals surface area (Å²) in [5.74, 6) is 1.65. The van der Waals surface area contributed by atoms with Gasteiger partial charge in [-0.15, -0.1) is 15.3 Å². The average Bonchev–Trinajstić information content (AvgIpc) is 3.40. The van der Waals surface area contributed by atoms with Crippen molar-refractivity contribution >= 4 is 34.1 Å². The molecule has 0 aromatic carbocycles. The van der Waals surface area contributed by atoms with Crippen molar-refractivity contribution in [3.63, 3.8) is 0 Å². The number of ether oxygens (including phenoxy) is 2. The van der Waals surface area contributed by atoms with E-state index in [9.17, 15) is 4.79 Å². The van der Waals surface area contributed by atoms with Crippen LogP contribution in [0, 0.1) is 11.8 Å². The van der Waals surface area contributed by atoms with Crippen LogP contribution in [0.25, 0.3) is 27.9 Å². The Morgan fingerprint density at radius 2 is 2.12 bits per heavy atom. The van der Waals surface area contributed by atoms with E-state index in [1.54, 1.807) is 18.3 Å². The largest absolute Gasteiger partial charge is 0.495 e. The average molecular weight is 437 g/mol. The molecule has 4 aromatic heterocycles. The van der Waals surface area contributed by atoms with Gasteiger partial charge in [-0.25, -0.2) is 14.5 Å². The zero-order valence-electron chi connectivity index (χ0n) is 20.6. The summed E-state index contributed by atoms with van der Waals surface area (Å²) in [7, 11) is 3.05. The van der Waals surface area contributed by atoms with E-state index in [-0.39, 0.29) is 34.8 Å². The van der Waals surface area contributed by atoms with Gasteiger partial charge in [-0.3, -0.25) is 4.79 Å². The molecule has 0 bridgehead atoms. The van der Waals surface area contributed by atoms with Gasteiger partial charge < -0.3 is 20.1 Å². The number of fused-ring (bicyclic) bond motifs is 2. The van der Waals surface area contributed by atoms with E-state index in [0.717, 1.165) is 6.42 Å². The summed E-state index contributed by atoms with van der Waals surface area (Å²) in [6, 6.07) is 3.30. The Balaban J connectivity index is 1.65. The Bertz CT molecular complexity index is 1460. The first kappa shape index (κ1) is 16.6. The zero-order chi connectivity index (χ0) is 24.9. The number of carbonyl (C=O) groups excluding carboxylic acids is 1. The molecule has 32 heavy (non-hydrogen) atoms. The normalized spacial score (nSPS) is 19.2. The molecule has 1 amide bonds. The number of carbonyl (C=O) groups is 1. The minimum absolute atomic E-state index is 0.0213. The van der Waals surface area contributed by atoms with E-state index in [4.69, 9.17) is 13.6 Å². The first-order chi connectivity index (χ1) is 16.7. The molecule has 11 nitrogen and oxygen atoms in total. The standard InChI is InChI=1S/C21H22N8O3/c1-10-5-12(10)21(30)24-16-7-13-14(8-23-19(22-2)17(13)27-26-16)18-25-20-15(32-4)6-11(31-3)9-29(20)28-18/h6-10,12H,5H2,1-4H3,(H,22,23)(H,24,26,30)/t10-,12+/m1/s1/i2D3. The number of rotatable bonds is 6. The van der Waals surface area contributed by atoms with E-state index in [2.05, 4.69) is 35.9 Å². The molecular formula is C21H22N8O3. The van der Waals surface area contributed by atoms with Crippen molar-refractivity contribution in [3.8, 4) is 22.9 Å². The quantitative estimate of drug-likeness (QED) is 0.467. The van der Waals surface area contributed by atoms with Crippen LogP contribution in [0.3, 0.4) is 0 Å². The van der Waals surface area contributed by atoms with Gasteiger partial charge in [-0.05, 0) is 18.4 Å². The summed E-state index contributed by atoms with van der Waals surface area (Å²) >= 11 is 0. The summed E-state index contributed by atoms with van der Waals surface area (Å²) in [4.78, 5) is 21.3. The van der Waals surface area contributed by atoms with E-state index in [1.165, 1.54) is 24.9 Å². The van der Waals surface area contributed by atoms with Crippen LogP contribution in [-0.2, 0) is 4.79 Å². The molecule has 2 N–H and O–H groups in total. The number of aromatic nitrogens is 6. The number of nitrogens with one attached hydrogen (secondary N) is 2. The lowest BCUT2D eigenvalue weighted by Crippen LogP contribution is -2.16. The number of methoxy groups -OCH3 is 2. The van der Waals surface area contributed by atoms with Crippen LogP contribution in [0.1, 0.15) is 17.5 Å². The zero-order valence-corrected chi connectivity index (χ0v) is 17.6. The number of hydrogen-bond donors (Lipinski definition) is 2. The van der Waals surface area contributed by atoms with Gasteiger partial charge in [0.05, 0.1) is 20.4 Å². The van der Waals surface area contributed by atoms with Gasteiger partial charge in [0, 0.05) is 40.2 Å². The van der Waals surface area contributed by atoms with Crippen LogP contribution in [0.4, 0.5) is 11.6 Å². The Morgan fingerprint density at radius 3 is 2.84 bits per heavy atom. The summed E-state index contributed by atoms with van der Waals surface area (Å²) in [6.07, 6.45) is 3.92. The van der Waals surface area contributed by atoms with Crippen molar-refractivity contribution in [2.45, 2.75) is 13.3 Å². The second-order valence-electron chi connectivity index (χ2n) is 7.60. The summed E-state index contributed by atoms with van der Waals surface area (Å²) < 4.78 is 34.9. The van der Waals surface area contributed by atoms with Crippen molar-refractivity contribution < 1.29 is 18.4 Å². The number of amides is 1. The van der Waals surface area contributed by atoms with Gasteiger partial charge in [0.25, 0.3) is 0 Å². The van der Waals surface area contributed by atoms with Crippen LogP contribution in [0.2, 0.25) is 0 Å². The number of hydrogen-bond acceptors (Lipinski definition) is 9. The highest BCUT2D eigenvalue weighted by molar-refractivity contribution is 6.01. The lowest BCUT2D eigenvalue weighted by molar-refractivity contribution is -0.117. The predicted molar refractivity (Wildman–Crippen MR) is 118 cm³/mol. The van der Waals surface area contributed by atoms with Gasteiger partial charge in [0.1, 0.15) is 11.3 Å². The Labute approximate surface area is 187 Å². The maximum absolute atomic E-state index is 12.4. The fraction of sp³-hybridized carbons (Fsp3) is 0.333. The molecule has 0 spiro atoms. The van der Waals surface area contributed by atoms with Crippen molar-refractivity contribution in [2.24, 2.45) is 11.8 Å². The molecule has 2 atom stereocenters. The molecule has 1 aliphatic rings. The molecule has 1 aliphatic carbocycles. The highest BCUT2D eigenvalue weighted by atomic mass is 16.5. The minimum atomic E-state index is -2.50. The molecule has 11 heteroatoms. The Hall–Kier alpha value is -4.02. The van der Waals surface area contributed by atoms with Gasteiger partial charge >= 0.3 is 0 Å². The van der Waals surface area contributed by atoms with Gasteiger partial charge in [-0.2, -0.15) is 0 Å². The molecule has 1 fully saturated rings. The second-order valence-corrected chi connectivity index (χ2v) is 7.60. The highest BCUT2D eigenvalue weighted by Crippen LogP contribution is 2.38. The van der Waals surface area contributed by atoms with Gasteiger partial charge in [-0.1, -0.05) is 6.92 Å². The predicted octanol–water partition coefficient (Wildman–Crippen LogP) is 2.39. The number of nitrogens with zero attached hydrogens (tertiary/aromatic N) is 6. The fourth-order valence-electron chi connectivity index (χ4n) is 3.58. The molecule has 0 radical (unpaired) electrons. The molecule has 0 unspecified atom stereocenters. The molecule has 0 saturated heterocycles. The smallest absolute Gasteiger partial charge is 0.228 e. The third kappa shape index (κ3) is 3.31. The van der Waals surface area contributed by atoms with E-state index in [1.807, 2.05) is 6.92 Å². The maximum atomic E-state index is 12.4. The van der Waals surface area contributed by atoms with E-state index >= 15 is 0 Å². The third-order valence-electron chi connectivity index (χ3n) is 5.52. The van der Waals surface area contributed by atoms with Crippen LogP contribution in [0.15, 0.2) is 24.5 Å². The first-order valence-corrected chi connectivity index (χ1v) is 9.91. The molecule has 4 heterocycles. The van der Waals surface area contributed by atoms with Crippen molar-refractivity contribution in [3.05, 3.63) is 24.5 Å². The summed E-state index contributed by atoms with van der Waals surface area (Å²) in [5.41, 5.74) is 1.10. The van der Waals surface area contributed by atoms with Crippen molar-refractivity contribution in [1.29, 1.82) is 0 Å². The molecule has 5 rings (SSSR count). The van der Waals surface area contributed by atoms with Crippen molar-refractivity contribution in [1.82, 2.24) is 29.8 Å². The topological polar surface area (TPSA) is 128 Å². The van der Waals surface area contributed by atoms with Crippen LogP contribution in [0.5, 0.6) is 11.5 Å². The second kappa shape index (κ2) is 7.59. The molecule has 0 aliphatic heterocycles. The van der Waals surface area contributed by atoms with Crippen LogP contribution >= 0.6 is 0 Å². The van der Waals surface area contributed by atoms with Crippen LogP contribution < -0.4 is 20.1 Å². The van der Waals surface area contributed by atoms with E-state index in [0.29, 0.717) is 34.0 Å². The van der Waals surface area contributed by atoms with Crippen molar-refractivity contribution in [2.75, 3.05) is 31.8 Å². The Kier molecular flexibility index (Phi) is 3.95. The molecule has 164 valence electrons. The summed E-state index contributed by atoms with van der Waals surface area (Å²) in [5, 5.41) is 18.4. The lowest BCUT2D eigenvalue weighted by Gasteiger charge is -2.09.